The Balaban J connectivity index is 1.82. The number of nitrogens with one attached hydrogen (secondary N) is 1. The highest BCUT2D eigenvalue weighted by atomic mass is 35.5. The van der Waals surface area contributed by atoms with E-state index in [0.717, 1.165) is 0 Å². The standard InChI is InChI=1S/C17H15ClN2O4S/c18-15-5-7-16(8-6-15)25(22,23)20-10-9-17(21)24-12-14-4-2-1-3-13(14)11-19/h1-8,20H,9-10,12H2. The van der Waals surface area contributed by atoms with E-state index >= 15 is 0 Å². The highest BCUT2D eigenvalue weighted by Crippen LogP contribution is 2.14. The van der Waals surface area contributed by atoms with Gasteiger partial charge in [0.1, 0.15) is 6.61 Å². The molecule has 0 aliphatic carbocycles. The Morgan fingerprint density at radius 1 is 1.16 bits per heavy atom. The van der Waals surface area contributed by atoms with Crippen LogP contribution in [0.3, 0.4) is 0 Å². The molecular formula is C17H15ClN2O4S. The first-order valence-electron chi connectivity index (χ1n) is 7.31. The summed E-state index contributed by atoms with van der Waals surface area (Å²) in [7, 11) is -3.71. The van der Waals surface area contributed by atoms with Gasteiger partial charge in [0.05, 0.1) is 22.9 Å². The van der Waals surface area contributed by atoms with E-state index in [4.69, 9.17) is 21.6 Å². The lowest BCUT2D eigenvalue weighted by Crippen LogP contribution is -2.26. The normalized spacial score (nSPS) is 10.9. The molecule has 0 heterocycles. The molecule has 0 aliphatic heterocycles. The minimum Gasteiger partial charge on any atom is -0.461 e. The van der Waals surface area contributed by atoms with Crippen molar-refractivity contribution >= 4 is 27.6 Å². The van der Waals surface area contributed by atoms with Gasteiger partial charge >= 0.3 is 5.97 Å². The maximum Gasteiger partial charge on any atom is 0.307 e. The summed E-state index contributed by atoms with van der Waals surface area (Å²) in [5, 5.41) is 9.40. The molecule has 130 valence electrons. The number of halogens is 1. The molecule has 0 bridgehead atoms. The molecule has 2 aromatic rings. The number of esters is 1. The quantitative estimate of drug-likeness (QED) is 0.747. The van der Waals surface area contributed by atoms with Crippen LogP contribution in [0.5, 0.6) is 0 Å². The summed E-state index contributed by atoms with van der Waals surface area (Å²) in [6.07, 6.45) is -0.123. The first-order chi connectivity index (χ1) is 11.9. The van der Waals surface area contributed by atoms with Crippen molar-refractivity contribution in [3.05, 3.63) is 64.7 Å². The zero-order valence-corrected chi connectivity index (χ0v) is 14.7. The highest BCUT2D eigenvalue weighted by Gasteiger charge is 2.14. The van der Waals surface area contributed by atoms with E-state index in [1.54, 1.807) is 24.3 Å². The SMILES string of the molecule is N#Cc1ccccc1COC(=O)CCNS(=O)(=O)c1ccc(Cl)cc1. The molecule has 25 heavy (non-hydrogen) atoms. The third-order valence-electron chi connectivity index (χ3n) is 3.27. The molecule has 0 aromatic heterocycles. The third-order valence-corrected chi connectivity index (χ3v) is 5.00. The van der Waals surface area contributed by atoms with E-state index in [9.17, 15) is 13.2 Å². The number of carbonyl (C=O) groups excluding carboxylic acids is 1. The van der Waals surface area contributed by atoms with Crippen LogP contribution in [0.25, 0.3) is 0 Å². The summed E-state index contributed by atoms with van der Waals surface area (Å²) < 4.78 is 31.5. The molecule has 6 nitrogen and oxygen atoms in total. The summed E-state index contributed by atoms with van der Waals surface area (Å²) in [6, 6.07) is 14.5. The minimum atomic E-state index is -3.71. The second kappa shape index (κ2) is 8.62. The lowest BCUT2D eigenvalue weighted by Gasteiger charge is -2.08. The molecule has 8 heteroatoms. The lowest BCUT2D eigenvalue weighted by atomic mass is 10.1. The lowest BCUT2D eigenvalue weighted by molar-refractivity contribution is -0.144. The molecular weight excluding hydrogens is 364 g/mol. The van der Waals surface area contributed by atoms with Gasteiger partial charge in [-0.2, -0.15) is 5.26 Å². The van der Waals surface area contributed by atoms with Crippen molar-refractivity contribution in [2.75, 3.05) is 6.54 Å². The average molecular weight is 379 g/mol. The largest absolute Gasteiger partial charge is 0.461 e. The van der Waals surface area contributed by atoms with E-state index in [-0.39, 0.29) is 24.5 Å². The first-order valence-corrected chi connectivity index (χ1v) is 9.17. The van der Waals surface area contributed by atoms with Crippen molar-refractivity contribution in [2.45, 2.75) is 17.9 Å². The van der Waals surface area contributed by atoms with Crippen molar-refractivity contribution in [2.24, 2.45) is 0 Å². The van der Waals surface area contributed by atoms with E-state index in [1.807, 2.05) is 6.07 Å². The summed E-state index contributed by atoms with van der Waals surface area (Å²) in [5.41, 5.74) is 1.03. The zero-order valence-electron chi connectivity index (χ0n) is 13.1. The number of rotatable bonds is 7. The number of benzene rings is 2. The van der Waals surface area contributed by atoms with Crippen molar-refractivity contribution in [1.82, 2.24) is 4.72 Å². The molecule has 2 rings (SSSR count). The second-order valence-electron chi connectivity index (χ2n) is 5.03. The van der Waals surface area contributed by atoms with Crippen LogP contribution in [0.2, 0.25) is 5.02 Å². The topological polar surface area (TPSA) is 96.3 Å². The molecule has 0 saturated heterocycles. The van der Waals surface area contributed by atoms with Crippen LogP contribution in [0.1, 0.15) is 17.5 Å². The van der Waals surface area contributed by atoms with Gasteiger partial charge in [0.15, 0.2) is 0 Å². The molecule has 0 spiro atoms. The Morgan fingerprint density at radius 3 is 2.52 bits per heavy atom. The number of hydrogen-bond donors (Lipinski definition) is 1. The van der Waals surface area contributed by atoms with Gasteiger partial charge in [0.25, 0.3) is 0 Å². The van der Waals surface area contributed by atoms with E-state index in [2.05, 4.69) is 4.72 Å². The summed E-state index contributed by atoms with van der Waals surface area (Å²) >= 11 is 5.72. The number of nitriles is 1. The van der Waals surface area contributed by atoms with Crippen molar-refractivity contribution < 1.29 is 17.9 Å². The minimum absolute atomic E-state index is 0.0352. The number of sulfonamides is 1. The van der Waals surface area contributed by atoms with Crippen LogP contribution in [-0.4, -0.2) is 20.9 Å². The monoisotopic (exact) mass is 378 g/mol. The van der Waals surface area contributed by atoms with E-state index in [0.29, 0.717) is 16.1 Å². The van der Waals surface area contributed by atoms with Gasteiger partial charge in [-0.25, -0.2) is 13.1 Å². The summed E-state index contributed by atoms with van der Waals surface area (Å²) in [5.74, 6) is -0.563. The van der Waals surface area contributed by atoms with Gasteiger partial charge in [-0.3, -0.25) is 4.79 Å². The number of ether oxygens (including phenoxy) is 1. The van der Waals surface area contributed by atoms with Crippen LogP contribution >= 0.6 is 11.6 Å². The predicted molar refractivity (Wildman–Crippen MR) is 92.2 cm³/mol. The molecule has 1 N–H and O–H groups in total. The van der Waals surface area contributed by atoms with Crippen molar-refractivity contribution in [3.8, 4) is 6.07 Å². The fourth-order valence-corrected chi connectivity index (χ4v) is 3.13. The molecule has 0 unspecified atom stereocenters. The van der Waals surface area contributed by atoms with E-state index < -0.39 is 16.0 Å². The smallest absolute Gasteiger partial charge is 0.307 e. The fraction of sp³-hybridized carbons (Fsp3) is 0.176. The molecule has 0 atom stereocenters. The zero-order chi connectivity index (χ0) is 18.3. The Kier molecular flexibility index (Phi) is 6.53. The highest BCUT2D eigenvalue weighted by molar-refractivity contribution is 7.89. The predicted octanol–water partition coefficient (Wildman–Crippen LogP) is 2.62. The van der Waals surface area contributed by atoms with Gasteiger partial charge in [0.2, 0.25) is 10.0 Å². The summed E-state index contributed by atoms with van der Waals surface area (Å²) in [4.78, 5) is 11.8. The van der Waals surface area contributed by atoms with Gasteiger partial charge in [-0.05, 0) is 30.3 Å². The van der Waals surface area contributed by atoms with Gasteiger partial charge in [0, 0.05) is 17.1 Å². The number of nitrogens with zero attached hydrogens (tertiary/aromatic N) is 1. The maximum atomic E-state index is 12.0. The molecule has 0 fully saturated rings. The third kappa shape index (κ3) is 5.57. The molecule has 0 radical (unpaired) electrons. The van der Waals surface area contributed by atoms with Gasteiger partial charge < -0.3 is 4.74 Å². The van der Waals surface area contributed by atoms with Crippen LogP contribution < -0.4 is 4.72 Å². The van der Waals surface area contributed by atoms with Crippen LogP contribution in [0.15, 0.2) is 53.4 Å². The van der Waals surface area contributed by atoms with Gasteiger partial charge in [-0.15, -0.1) is 0 Å². The number of hydrogen-bond acceptors (Lipinski definition) is 5. The van der Waals surface area contributed by atoms with Crippen molar-refractivity contribution in [1.29, 1.82) is 5.26 Å². The molecule has 0 aliphatic rings. The van der Waals surface area contributed by atoms with Crippen LogP contribution in [0, 0.1) is 11.3 Å². The Bertz CT molecular complexity index is 890. The first kappa shape index (κ1) is 18.9. The van der Waals surface area contributed by atoms with Crippen LogP contribution in [0.4, 0.5) is 0 Å². The van der Waals surface area contributed by atoms with Gasteiger partial charge in [-0.1, -0.05) is 29.8 Å². The maximum absolute atomic E-state index is 12.0. The molecule has 2 aromatic carbocycles. The molecule has 0 amide bonds. The Morgan fingerprint density at radius 2 is 1.84 bits per heavy atom. The van der Waals surface area contributed by atoms with Crippen molar-refractivity contribution in [3.63, 3.8) is 0 Å². The summed E-state index contributed by atoms with van der Waals surface area (Å²) in [6.45, 7) is -0.129. The fourth-order valence-electron chi connectivity index (χ4n) is 1.97. The number of carbonyl (C=O) groups is 1. The van der Waals surface area contributed by atoms with Crippen LogP contribution in [-0.2, 0) is 26.2 Å². The Hall–Kier alpha value is -2.40. The molecule has 0 saturated carbocycles. The second-order valence-corrected chi connectivity index (χ2v) is 7.23. The van der Waals surface area contributed by atoms with E-state index in [1.165, 1.54) is 24.3 Å². The average Bonchev–Trinajstić information content (AvgIpc) is 2.60. The Labute approximate surface area is 151 Å².